The van der Waals surface area contributed by atoms with Gasteiger partial charge in [0, 0.05) is 16.3 Å². The third-order valence-electron chi connectivity index (χ3n) is 4.90. The molecule has 1 amide bonds. The lowest BCUT2D eigenvalue weighted by Crippen LogP contribution is -2.41. The lowest BCUT2D eigenvalue weighted by molar-refractivity contribution is -0.130. The Labute approximate surface area is 174 Å². The summed E-state index contributed by atoms with van der Waals surface area (Å²) in [4.78, 5) is 17.7. The van der Waals surface area contributed by atoms with Gasteiger partial charge in [-0.15, -0.1) is 23.1 Å². The fraction of sp³-hybridized carbons (Fsp3) is 0.261. The number of hydrogen-bond acceptors (Lipinski definition) is 4. The molecule has 3 nitrogen and oxygen atoms in total. The van der Waals surface area contributed by atoms with Gasteiger partial charge in [0.1, 0.15) is 5.75 Å². The van der Waals surface area contributed by atoms with Gasteiger partial charge in [-0.2, -0.15) is 0 Å². The molecule has 1 unspecified atom stereocenters. The van der Waals surface area contributed by atoms with Crippen molar-refractivity contribution >= 4 is 29.0 Å². The predicted molar refractivity (Wildman–Crippen MR) is 116 cm³/mol. The summed E-state index contributed by atoms with van der Waals surface area (Å²) in [5.41, 5.74) is 2.46. The summed E-state index contributed by atoms with van der Waals surface area (Å²) in [6.45, 7) is 3.41. The molecule has 1 aliphatic rings. The number of hydrogen-bond donors (Lipinski definition) is 0. The molecule has 28 heavy (non-hydrogen) atoms. The van der Waals surface area contributed by atoms with Crippen molar-refractivity contribution < 1.29 is 9.53 Å². The van der Waals surface area contributed by atoms with E-state index in [1.807, 2.05) is 54.3 Å². The van der Waals surface area contributed by atoms with Crippen LogP contribution in [-0.2, 0) is 11.2 Å². The number of carbonyl (C=O) groups is 1. The van der Waals surface area contributed by atoms with Crippen molar-refractivity contribution in [2.75, 3.05) is 18.9 Å². The third-order valence-corrected chi connectivity index (χ3v) is 6.89. The number of rotatable bonds is 6. The van der Waals surface area contributed by atoms with Gasteiger partial charge in [0.2, 0.25) is 5.91 Å². The molecular formula is C23H23NO2S2. The number of fused-ring (bicyclic) bond motifs is 1. The molecule has 5 heteroatoms. The van der Waals surface area contributed by atoms with Crippen LogP contribution in [0.4, 0.5) is 0 Å². The van der Waals surface area contributed by atoms with Crippen molar-refractivity contribution in [2.45, 2.75) is 24.3 Å². The Morgan fingerprint density at radius 3 is 2.68 bits per heavy atom. The van der Waals surface area contributed by atoms with Crippen LogP contribution in [0.25, 0.3) is 0 Å². The average molecular weight is 410 g/mol. The van der Waals surface area contributed by atoms with Gasteiger partial charge in [0.25, 0.3) is 0 Å². The Bertz CT molecular complexity index is 921. The van der Waals surface area contributed by atoms with E-state index in [2.05, 4.69) is 23.6 Å². The zero-order chi connectivity index (χ0) is 19.3. The molecule has 1 aliphatic heterocycles. The molecular weight excluding hydrogens is 386 g/mol. The average Bonchev–Trinajstić information content (AvgIpc) is 3.22. The first-order valence-corrected chi connectivity index (χ1v) is 11.4. The predicted octanol–water partition coefficient (Wildman–Crippen LogP) is 5.41. The van der Waals surface area contributed by atoms with E-state index in [1.165, 1.54) is 16.0 Å². The molecule has 0 aliphatic carbocycles. The van der Waals surface area contributed by atoms with E-state index in [1.54, 1.807) is 23.1 Å². The van der Waals surface area contributed by atoms with Crippen LogP contribution in [0, 0.1) is 0 Å². The van der Waals surface area contributed by atoms with Crippen LogP contribution in [-0.4, -0.2) is 29.7 Å². The zero-order valence-corrected chi connectivity index (χ0v) is 17.5. The molecule has 0 saturated heterocycles. The molecule has 0 saturated carbocycles. The van der Waals surface area contributed by atoms with Crippen molar-refractivity contribution in [3.8, 4) is 5.75 Å². The molecule has 1 aromatic heterocycles. The number of ether oxygens (including phenoxy) is 1. The van der Waals surface area contributed by atoms with Crippen LogP contribution in [0.15, 0.2) is 70.9 Å². The van der Waals surface area contributed by atoms with E-state index in [0.29, 0.717) is 12.4 Å². The van der Waals surface area contributed by atoms with Gasteiger partial charge in [-0.3, -0.25) is 4.79 Å². The molecule has 0 radical (unpaired) electrons. The highest BCUT2D eigenvalue weighted by Gasteiger charge is 2.32. The van der Waals surface area contributed by atoms with Crippen molar-refractivity contribution in [2.24, 2.45) is 0 Å². The van der Waals surface area contributed by atoms with Gasteiger partial charge in [-0.25, -0.2) is 0 Å². The SMILES string of the molecule is CCOc1ccc(SCC(=O)N2CCc3sccc3C2c2ccccc2)cc1. The summed E-state index contributed by atoms with van der Waals surface area (Å²) in [5.74, 6) is 1.49. The molecule has 0 fully saturated rings. The van der Waals surface area contributed by atoms with Crippen LogP contribution in [0.5, 0.6) is 5.75 Å². The monoisotopic (exact) mass is 409 g/mol. The van der Waals surface area contributed by atoms with Gasteiger partial charge in [-0.05, 0) is 60.2 Å². The van der Waals surface area contributed by atoms with Gasteiger partial charge in [-0.1, -0.05) is 30.3 Å². The van der Waals surface area contributed by atoms with E-state index in [4.69, 9.17) is 4.74 Å². The van der Waals surface area contributed by atoms with E-state index in [-0.39, 0.29) is 11.9 Å². The van der Waals surface area contributed by atoms with Gasteiger partial charge < -0.3 is 9.64 Å². The maximum atomic E-state index is 13.1. The number of benzene rings is 2. The summed E-state index contributed by atoms with van der Waals surface area (Å²) in [6.07, 6.45) is 0.940. The highest BCUT2D eigenvalue weighted by atomic mass is 32.2. The van der Waals surface area contributed by atoms with Gasteiger partial charge >= 0.3 is 0 Å². The quantitative estimate of drug-likeness (QED) is 0.510. The van der Waals surface area contributed by atoms with Crippen molar-refractivity contribution in [3.63, 3.8) is 0 Å². The first kappa shape index (κ1) is 19.1. The second kappa shape index (κ2) is 8.84. The van der Waals surface area contributed by atoms with Crippen LogP contribution >= 0.6 is 23.1 Å². The first-order chi connectivity index (χ1) is 13.8. The van der Waals surface area contributed by atoms with Gasteiger partial charge in [0.15, 0.2) is 0 Å². The molecule has 4 rings (SSSR count). The fourth-order valence-electron chi connectivity index (χ4n) is 3.61. The topological polar surface area (TPSA) is 29.5 Å². The Morgan fingerprint density at radius 1 is 1.14 bits per heavy atom. The Morgan fingerprint density at radius 2 is 1.93 bits per heavy atom. The third kappa shape index (κ3) is 4.10. The lowest BCUT2D eigenvalue weighted by Gasteiger charge is -2.36. The maximum absolute atomic E-state index is 13.1. The van der Waals surface area contributed by atoms with Crippen LogP contribution in [0.3, 0.4) is 0 Å². The molecule has 144 valence electrons. The van der Waals surface area contributed by atoms with E-state index >= 15 is 0 Å². The number of nitrogens with zero attached hydrogens (tertiary/aromatic N) is 1. The second-order valence-electron chi connectivity index (χ2n) is 6.64. The van der Waals surface area contributed by atoms with Crippen LogP contribution in [0.2, 0.25) is 0 Å². The van der Waals surface area contributed by atoms with E-state index < -0.39 is 0 Å². The summed E-state index contributed by atoms with van der Waals surface area (Å²) >= 11 is 3.38. The molecule has 0 bridgehead atoms. The van der Waals surface area contributed by atoms with Crippen molar-refractivity contribution in [1.29, 1.82) is 0 Å². The molecule has 0 spiro atoms. The van der Waals surface area contributed by atoms with Crippen molar-refractivity contribution in [3.05, 3.63) is 82.0 Å². The normalized spacial score (nSPS) is 15.9. The fourth-order valence-corrected chi connectivity index (χ4v) is 5.29. The molecule has 2 aromatic carbocycles. The smallest absolute Gasteiger partial charge is 0.233 e. The summed E-state index contributed by atoms with van der Waals surface area (Å²) < 4.78 is 5.49. The van der Waals surface area contributed by atoms with E-state index in [0.717, 1.165) is 23.6 Å². The highest BCUT2D eigenvalue weighted by Crippen LogP contribution is 2.38. The number of thioether (sulfide) groups is 1. The summed E-state index contributed by atoms with van der Waals surface area (Å²) in [7, 11) is 0. The summed E-state index contributed by atoms with van der Waals surface area (Å²) in [6, 6.07) is 20.5. The molecule has 3 aromatic rings. The van der Waals surface area contributed by atoms with Crippen LogP contribution < -0.4 is 4.74 Å². The highest BCUT2D eigenvalue weighted by molar-refractivity contribution is 8.00. The molecule has 2 heterocycles. The lowest BCUT2D eigenvalue weighted by atomic mass is 9.93. The van der Waals surface area contributed by atoms with Crippen molar-refractivity contribution in [1.82, 2.24) is 4.90 Å². The number of amides is 1. The molecule has 0 N–H and O–H groups in total. The minimum atomic E-state index is 0.0182. The number of carbonyl (C=O) groups excluding carboxylic acids is 1. The summed E-state index contributed by atoms with van der Waals surface area (Å²) in [5, 5.41) is 2.14. The first-order valence-electron chi connectivity index (χ1n) is 9.52. The largest absolute Gasteiger partial charge is 0.494 e. The van der Waals surface area contributed by atoms with E-state index in [9.17, 15) is 4.79 Å². The standard InChI is InChI=1S/C23H23NO2S2/c1-2-26-18-8-10-19(11-9-18)28-16-22(25)24-14-12-21-20(13-15-27-21)23(24)17-6-4-3-5-7-17/h3-11,13,15,23H,2,12,14,16H2,1H3. The molecule has 1 atom stereocenters. The Kier molecular flexibility index (Phi) is 6.03. The zero-order valence-electron chi connectivity index (χ0n) is 15.8. The minimum Gasteiger partial charge on any atom is -0.494 e. The van der Waals surface area contributed by atoms with Gasteiger partial charge in [0.05, 0.1) is 18.4 Å². The number of thiophene rings is 1. The maximum Gasteiger partial charge on any atom is 0.233 e. The second-order valence-corrected chi connectivity index (χ2v) is 8.69. The minimum absolute atomic E-state index is 0.0182. The Hall–Kier alpha value is -2.24. The van der Waals surface area contributed by atoms with Crippen LogP contribution in [0.1, 0.15) is 29.0 Å². The Balaban J connectivity index is 1.49.